The zero-order chi connectivity index (χ0) is 17.6. The molecule has 1 N–H and O–H groups in total. The summed E-state index contributed by atoms with van der Waals surface area (Å²) in [6, 6.07) is 15.6. The summed E-state index contributed by atoms with van der Waals surface area (Å²) in [6.45, 7) is 0. The topological polar surface area (TPSA) is 29.1 Å². The number of thiophene rings is 1. The number of carbonyl (C=O) groups excluding carboxylic acids is 1. The van der Waals surface area contributed by atoms with Crippen molar-refractivity contribution in [2.75, 3.05) is 0 Å². The zero-order valence-electron chi connectivity index (χ0n) is 13.2. The number of rotatable bonds is 5. The molecule has 0 saturated carbocycles. The molecule has 0 radical (unpaired) electrons. The summed E-state index contributed by atoms with van der Waals surface area (Å²) in [5.74, 6) is -1.08. The van der Waals surface area contributed by atoms with Gasteiger partial charge in [-0.2, -0.15) is 0 Å². The van der Waals surface area contributed by atoms with Gasteiger partial charge in [-0.25, -0.2) is 8.78 Å². The predicted octanol–water partition coefficient (Wildman–Crippen LogP) is 4.95. The largest absolute Gasteiger partial charge is 0.341 e. The molecule has 2 aromatic carbocycles. The van der Waals surface area contributed by atoms with Crippen LogP contribution in [0.25, 0.3) is 6.08 Å². The molecule has 0 aliphatic heterocycles. The number of benzene rings is 2. The van der Waals surface area contributed by atoms with Crippen molar-refractivity contribution >= 4 is 23.3 Å². The third kappa shape index (κ3) is 4.39. The highest BCUT2D eigenvalue weighted by Gasteiger charge is 2.17. The molecule has 0 saturated heterocycles. The molecule has 0 aliphatic carbocycles. The molecule has 1 heterocycles. The van der Waals surface area contributed by atoms with E-state index < -0.39 is 6.04 Å². The van der Waals surface area contributed by atoms with E-state index in [1.165, 1.54) is 41.7 Å². The fraction of sp³-hybridized carbons (Fsp3) is 0.0500. The first-order valence-electron chi connectivity index (χ1n) is 7.65. The van der Waals surface area contributed by atoms with Gasteiger partial charge in [0.15, 0.2) is 0 Å². The minimum absolute atomic E-state index is 0.334. The molecular weight excluding hydrogens is 340 g/mol. The number of halogens is 2. The number of nitrogens with one attached hydrogen (secondary N) is 1. The molecule has 1 aromatic heterocycles. The summed E-state index contributed by atoms with van der Waals surface area (Å²) >= 11 is 1.50. The van der Waals surface area contributed by atoms with Crippen molar-refractivity contribution in [1.29, 1.82) is 0 Å². The van der Waals surface area contributed by atoms with E-state index in [9.17, 15) is 13.6 Å². The Hall–Kier alpha value is -2.79. The van der Waals surface area contributed by atoms with Gasteiger partial charge in [-0.3, -0.25) is 4.79 Å². The second-order valence-corrected chi connectivity index (χ2v) is 6.34. The Kier molecular flexibility index (Phi) is 5.36. The van der Waals surface area contributed by atoms with Crippen LogP contribution in [0.1, 0.15) is 22.0 Å². The average molecular weight is 355 g/mol. The highest BCUT2D eigenvalue weighted by molar-refractivity contribution is 7.10. The third-order valence-corrected chi connectivity index (χ3v) is 4.57. The predicted molar refractivity (Wildman–Crippen MR) is 96.1 cm³/mol. The molecule has 0 aliphatic rings. The van der Waals surface area contributed by atoms with Crippen LogP contribution in [0.2, 0.25) is 0 Å². The molecular formula is C20H15F2NOS. The lowest BCUT2D eigenvalue weighted by Crippen LogP contribution is -2.27. The van der Waals surface area contributed by atoms with E-state index in [4.69, 9.17) is 0 Å². The van der Waals surface area contributed by atoms with Crippen molar-refractivity contribution in [1.82, 2.24) is 5.32 Å². The smallest absolute Gasteiger partial charge is 0.244 e. The van der Waals surface area contributed by atoms with E-state index in [-0.39, 0.29) is 17.5 Å². The van der Waals surface area contributed by atoms with Crippen LogP contribution in [0, 0.1) is 11.6 Å². The number of carbonyl (C=O) groups is 1. The number of hydrogen-bond donors (Lipinski definition) is 1. The molecule has 2 nitrogen and oxygen atoms in total. The van der Waals surface area contributed by atoms with Crippen molar-refractivity contribution in [2.45, 2.75) is 6.04 Å². The monoisotopic (exact) mass is 355 g/mol. The Morgan fingerprint density at radius 3 is 2.44 bits per heavy atom. The van der Waals surface area contributed by atoms with Gasteiger partial charge >= 0.3 is 0 Å². The molecule has 5 heteroatoms. The number of amides is 1. The van der Waals surface area contributed by atoms with Crippen LogP contribution in [0.4, 0.5) is 8.78 Å². The maximum Gasteiger partial charge on any atom is 0.244 e. The fourth-order valence-electron chi connectivity index (χ4n) is 2.40. The van der Waals surface area contributed by atoms with Gasteiger partial charge in [0.1, 0.15) is 11.6 Å². The molecule has 3 rings (SSSR count). The Balaban J connectivity index is 1.79. The van der Waals surface area contributed by atoms with E-state index in [2.05, 4.69) is 5.32 Å². The lowest BCUT2D eigenvalue weighted by atomic mass is 10.1. The first-order chi connectivity index (χ1) is 12.1. The van der Waals surface area contributed by atoms with Crippen molar-refractivity contribution in [3.05, 3.63) is 99.8 Å². The van der Waals surface area contributed by atoms with Gasteiger partial charge in [0.25, 0.3) is 0 Å². The lowest BCUT2D eigenvalue weighted by molar-refractivity contribution is -0.116. The fourth-order valence-corrected chi connectivity index (χ4v) is 3.20. The molecule has 126 valence electrons. The van der Waals surface area contributed by atoms with Crippen LogP contribution in [-0.4, -0.2) is 5.91 Å². The summed E-state index contributed by atoms with van der Waals surface area (Å²) in [5, 5.41) is 4.79. The average Bonchev–Trinajstić information content (AvgIpc) is 3.14. The highest BCUT2D eigenvalue weighted by Crippen LogP contribution is 2.26. The zero-order valence-corrected chi connectivity index (χ0v) is 14.0. The second kappa shape index (κ2) is 7.85. The van der Waals surface area contributed by atoms with Crippen molar-refractivity contribution in [3.8, 4) is 0 Å². The van der Waals surface area contributed by atoms with E-state index in [1.807, 2.05) is 17.5 Å². The lowest BCUT2D eigenvalue weighted by Gasteiger charge is -2.17. The van der Waals surface area contributed by atoms with Crippen molar-refractivity contribution in [2.24, 2.45) is 0 Å². The minimum atomic E-state index is -0.390. The minimum Gasteiger partial charge on any atom is -0.341 e. The van der Waals surface area contributed by atoms with E-state index >= 15 is 0 Å². The Morgan fingerprint density at radius 2 is 1.76 bits per heavy atom. The molecule has 1 unspecified atom stereocenters. The first-order valence-corrected chi connectivity index (χ1v) is 8.53. The second-order valence-electron chi connectivity index (χ2n) is 5.36. The maximum absolute atomic E-state index is 13.6. The van der Waals surface area contributed by atoms with Crippen LogP contribution < -0.4 is 5.32 Å². The highest BCUT2D eigenvalue weighted by atomic mass is 32.1. The van der Waals surface area contributed by atoms with Gasteiger partial charge in [-0.05, 0) is 41.3 Å². The van der Waals surface area contributed by atoms with Crippen LogP contribution >= 0.6 is 11.3 Å². The van der Waals surface area contributed by atoms with E-state index in [0.29, 0.717) is 5.56 Å². The molecule has 0 spiro atoms. The molecule has 0 fully saturated rings. The van der Waals surface area contributed by atoms with E-state index in [0.717, 1.165) is 10.4 Å². The Bertz CT molecular complexity index is 873. The van der Waals surface area contributed by atoms with Crippen LogP contribution in [0.5, 0.6) is 0 Å². The Labute approximate surface area is 148 Å². The summed E-state index contributed by atoms with van der Waals surface area (Å²) in [5.41, 5.74) is 1.11. The SMILES string of the molecule is O=C(/C=C/c1ccccc1F)NC(c1ccc(F)cc1)c1cccs1. The molecule has 1 amide bonds. The van der Waals surface area contributed by atoms with E-state index in [1.54, 1.807) is 30.3 Å². The van der Waals surface area contributed by atoms with Crippen LogP contribution in [-0.2, 0) is 4.79 Å². The first kappa shape index (κ1) is 17.0. The third-order valence-electron chi connectivity index (χ3n) is 3.64. The van der Waals surface area contributed by atoms with Crippen molar-refractivity contribution < 1.29 is 13.6 Å². The van der Waals surface area contributed by atoms with Gasteiger partial charge in [0.05, 0.1) is 6.04 Å². The van der Waals surface area contributed by atoms with Gasteiger partial charge in [-0.1, -0.05) is 36.4 Å². The van der Waals surface area contributed by atoms with Crippen LogP contribution in [0.15, 0.2) is 72.1 Å². The Morgan fingerprint density at radius 1 is 1.00 bits per heavy atom. The molecule has 25 heavy (non-hydrogen) atoms. The normalized spacial score (nSPS) is 12.2. The number of hydrogen-bond acceptors (Lipinski definition) is 2. The molecule has 1 atom stereocenters. The molecule has 3 aromatic rings. The summed E-state index contributed by atoms with van der Waals surface area (Å²) in [6.07, 6.45) is 2.73. The van der Waals surface area contributed by atoms with Gasteiger partial charge in [0.2, 0.25) is 5.91 Å². The van der Waals surface area contributed by atoms with Gasteiger partial charge in [0, 0.05) is 16.5 Å². The van der Waals surface area contributed by atoms with Gasteiger partial charge < -0.3 is 5.32 Å². The summed E-state index contributed by atoms with van der Waals surface area (Å²) in [4.78, 5) is 13.2. The maximum atomic E-state index is 13.6. The van der Waals surface area contributed by atoms with Crippen LogP contribution in [0.3, 0.4) is 0 Å². The quantitative estimate of drug-likeness (QED) is 0.645. The van der Waals surface area contributed by atoms with Crippen molar-refractivity contribution in [3.63, 3.8) is 0 Å². The summed E-state index contributed by atoms with van der Waals surface area (Å²) < 4.78 is 26.8. The summed E-state index contributed by atoms with van der Waals surface area (Å²) in [7, 11) is 0. The van der Waals surface area contributed by atoms with Gasteiger partial charge in [-0.15, -0.1) is 11.3 Å². The standard InChI is InChI=1S/C20H15F2NOS/c21-16-10-7-15(8-11-16)20(18-6-3-13-25-18)23-19(24)12-9-14-4-1-2-5-17(14)22/h1-13,20H,(H,23,24)/b12-9+. The molecule has 0 bridgehead atoms.